The third-order valence-electron chi connectivity index (χ3n) is 5.10. The molecule has 0 radical (unpaired) electrons. The third kappa shape index (κ3) is 3.73. The Bertz CT molecular complexity index is 515. The molecule has 0 bridgehead atoms. The number of hydrogen-bond acceptors (Lipinski definition) is 3. The molecule has 3 rings (SSSR count). The predicted molar refractivity (Wildman–Crippen MR) is 86.5 cm³/mol. The molecule has 2 saturated carbocycles. The minimum atomic E-state index is -2.95. The van der Waals surface area contributed by atoms with Crippen LogP contribution >= 0.6 is 8.25 Å². The zero-order valence-corrected chi connectivity index (χ0v) is 14.2. The molecule has 2 aliphatic rings. The maximum Gasteiger partial charge on any atom is 0.319 e. The van der Waals surface area contributed by atoms with Crippen LogP contribution in [0.25, 0.3) is 0 Å². The van der Waals surface area contributed by atoms with E-state index in [0.29, 0.717) is 11.8 Å². The summed E-state index contributed by atoms with van der Waals surface area (Å²) in [7, 11) is -2.95. The van der Waals surface area contributed by atoms with Crippen molar-refractivity contribution in [3.63, 3.8) is 0 Å². The predicted octanol–water partition coefficient (Wildman–Crippen LogP) is 4.45. The van der Waals surface area contributed by atoms with E-state index in [1.54, 1.807) is 0 Å². The average Bonchev–Trinajstić information content (AvgIpc) is 3.38. The van der Waals surface area contributed by atoms with Crippen LogP contribution in [-0.4, -0.2) is 11.7 Å². The molecule has 2 fully saturated rings. The molecular formula is C17H25O4P. The number of ether oxygens (including phenoxy) is 1. The van der Waals surface area contributed by atoms with Crippen LogP contribution in [0.5, 0.6) is 5.75 Å². The van der Waals surface area contributed by atoms with Crippen molar-refractivity contribution < 1.29 is 18.7 Å². The minimum absolute atomic E-state index is 0.160. The van der Waals surface area contributed by atoms with Gasteiger partial charge in [-0.15, -0.1) is 0 Å². The first-order valence-corrected chi connectivity index (χ1v) is 9.45. The fourth-order valence-corrected chi connectivity index (χ4v) is 3.46. The lowest BCUT2D eigenvalue weighted by Gasteiger charge is -2.22. The van der Waals surface area contributed by atoms with Gasteiger partial charge in [-0.05, 0) is 60.5 Å². The molecule has 122 valence electrons. The van der Waals surface area contributed by atoms with Gasteiger partial charge in [0.05, 0.1) is 0 Å². The van der Waals surface area contributed by atoms with E-state index in [0.717, 1.165) is 17.6 Å². The Morgan fingerprint density at radius 1 is 1.14 bits per heavy atom. The van der Waals surface area contributed by atoms with E-state index in [-0.39, 0.29) is 6.79 Å². The van der Waals surface area contributed by atoms with Crippen molar-refractivity contribution in [2.45, 2.75) is 51.4 Å². The van der Waals surface area contributed by atoms with E-state index in [9.17, 15) is 4.57 Å². The molecule has 1 N–H and O–H groups in total. The highest BCUT2D eigenvalue weighted by molar-refractivity contribution is 7.32. The molecule has 2 aliphatic carbocycles. The number of hydrogen-bond donors (Lipinski definition) is 1. The van der Waals surface area contributed by atoms with Crippen molar-refractivity contribution in [2.75, 3.05) is 6.79 Å². The van der Waals surface area contributed by atoms with Crippen LogP contribution in [0.15, 0.2) is 18.2 Å². The van der Waals surface area contributed by atoms with Crippen molar-refractivity contribution in [1.29, 1.82) is 0 Å². The Kier molecular flexibility index (Phi) is 4.91. The Morgan fingerprint density at radius 2 is 1.64 bits per heavy atom. The van der Waals surface area contributed by atoms with Gasteiger partial charge >= 0.3 is 8.25 Å². The number of para-hydroxylation sites is 1. The Labute approximate surface area is 132 Å². The van der Waals surface area contributed by atoms with Gasteiger partial charge in [0, 0.05) is 0 Å². The molecular weight excluding hydrogens is 299 g/mol. The van der Waals surface area contributed by atoms with Gasteiger partial charge in [0.15, 0.2) is 6.79 Å². The summed E-state index contributed by atoms with van der Waals surface area (Å²) in [4.78, 5) is 8.83. The molecule has 0 aromatic heterocycles. The van der Waals surface area contributed by atoms with Crippen LogP contribution in [0, 0.1) is 11.8 Å². The van der Waals surface area contributed by atoms with Crippen LogP contribution in [0.4, 0.5) is 0 Å². The fourth-order valence-electron chi connectivity index (χ4n) is 3.30. The highest BCUT2D eigenvalue weighted by Gasteiger charge is 2.34. The van der Waals surface area contributed by atoms with E-state index in [1.165, 1.54) is 36.8 Å². The second-order valence-electron chi connectivity index (χ2n) is 6.69. The quantitative estimate of drug-likeness (QED) is 0.567. The highest BCUT2D eigenvalue weighted by Crippen LogP contribution is 2.49. The zero-order chi connectivity index (χ0) is 15.7. The van der Waals surface area contributed by atoms with Gasteiger partial charge in [-0.3, -0.25) is 9.09 Å². The standard InChI is InChI=1S/C17H25O4P/c1-11(13-6-7-13)15-4-3-5-16(12(2)14-8-9-14)17(15)20-10-21-22(18)19/h3-5,11-14,22H,6-10H2,1-2H3,(H,18,19). The van der Waals surface area contributed by atoms with Gasteiger partial charge in [-0.1, -0.05) is 32.0 Å². The van der Waals surface area contributed by atoms with E-state index in [1.807, 2.05) is 0 Å². The first-order chi connectivity index (χ1) is 10.6. The lowest BCUT2D eigenvalue weighted by Crippen LogP contribution is -2.09. The van der Waals surface area contributed by atoms with Crippen molar-refractivity contribution >= 4 is 8.25 Å². The van der Waals surface area contributed by atoms with Gasteiger partial charge in [-0.2, -0.15) is 0 Å². The topological polar surface area (TPSA) is 55.8 Å². The summed E-state index contributed by atoms with van der Waals surface area (Å²) in [5, 5.41) is 0. The molecule has 3 atom stereocenters. The monoisotopic (exact) mass is 324 g/mol. The summed E-state index contributed by atoms with van der Waals surface area (Å²) in [5.41, 5.74) is 2.43. The van der Waals surface area contributed by atoms with Crippen molar-refractivity contribution in [1.82, 2.24) is 0 Å². The van der Waals surface area contributed by atoms with E-state index < -0.39 is 8.25 Å². The lowest BCUT2D eigenvalue weighted by atomic mass is 9.88. The van der Waals surface area contributed by atoms with Gasteiger partial charge in [0.2, 0.25) is 0 Å². The summed E-state index contributed by atoms with van der Waals surface area (Å²) in [6.07, 6.45) is 5.13. The molecule has 0 aliphatic heterocycles. The Balaban J connectivity index is 1.86. The van der Waals surface area contributed by atoms with Gasteiger partial charge in [0.25, 0.3) is 0 Å². The molecule has 1 aromatic carbocycles. The molecule has 1 aromatic rings. The second-order valence-corrected chi connectivity index (χ2v) is 7.51. The minimum Gasteiger partial charge on any atom is -0.466 e. The smallest absolute Gasteiger partial charge is 0.319 e. The highest BCUT2D eigenvalue weighted by atomic mass is 31.1. The first kappa shape index (κ1) is 16.0. The zero-order valence-electron chi connectivity index (χ0n) is 13.2. The molecule has 22 heavy (non-hydrogen) atoms. The molecule has 4 nitrogen and oxygen atoms in total. The summed E-state index contributed by atoms with van der Waals surface area (Å²) in [6.45, 7) is 4.34. The van der Waals surface area contributed by atoms with Gasteiger partial charge < -0.3 is 9.63 Å². The van der Waals surface area contributed by atoms with Gasteiger partial charge in [-0.25, -0.2) is 0 Å². The maximum absolute atomic E-state index is 10.7. The molecule has 0 heterocycles. The second kappa shape index (κ2) is 6.74. The summed E-state index contributed by atoms with van der Waals surface area (Å²) < 4.78 is 21.3. The van der Waals surface area contributed by atoms with Crippen LogP contribution in [0.2, 0.25) is 0 Å². The van der Waals surface area contributed by atoms with Crippen LogP contribution in [-0.2, 0) is 9.09 Å². The number of benzene rings is 1. The lowest BCUT2D eigenvalue weighted by molar-refractivity contribution is 0.112. The molecule has 0 amide bonds. The largest absolute Gasteiger partial charge is 0.466 e. The van der Waals surface area contributed by atoms with E-state index in [2.05, 4.69) is 32.0 Å². The fraction of sp³-hybridized carbons (Fsp3) is 0.647. The van der Waals surface area contributed by atoms with Crippen molar-refractivity contribution in [2.24, 2.45) is 11.8 Å². The first-order valence-electron chi connectivity index (χ1n) is 8.19. The summed E-state index contributed by atoms with van der Waals surface area (Å²) in [6, 6.07) is 6.37. The summed E-state index contributed by atoms with van der Waals surface area (Å²) in [5.74, 6) is 3.29. The van der Waals surface area contributed by atoms with Crippen LogP contribution < -0.4 is 4.74 Å². The molecule has 0 saturated heterocycles. The normalized spacial score (nSPS) is 22.1. The molecule has 3 unspecified atom stereocenters. The van der Waals surface area contributed by atoms with E-state index >= 15 is 0 Å². The average molecular weight is 324 g/mol. The van der Waals surface area contributed by atoms with Crippen molar-refractivity contribution in [3.8, 4) is 5.75 Å². The van der Waals surface area contributed by atoms with Crippen molar-refractivity contribution in [3.05, 3.63) is 29.3 Å². The van der Waals surface area contributed by atoms with E-state index in [4.69, 9.17) is 14.2 Å². The third-order valence-corrected chi connectivity index (χ3v) is 5.47. The van der Waals surface area contributed by atoms with Crippen LogP contribution in [0.3, 0.4) is 0 Å². The summed E-state index contributed by atoms with van der Waals surface area (Å²) >= 11 is 0. The van der Waals surface area contributed by atoms with Crippen LogP contribution in [0.1, 0.15) is 62.5 Å². The molecule has 0 spiro atoms. The maximum atomic E-state index is 10.7. The SMILES string of the molecule is CC(c1cccc(C(C)C2CC2)c1OCO[PH](=O)O)C1CC1. The molecule has 5 heteroatoms. The Hall–Kier alpha value is -0.830. The number of rotatable bonds is 8. The van der Waals surface area contributed by atoms with Gasteiger partial charge in [0.1, 0.15) is 5.75 Å². The Morgan fingerprint density at radius 3 is 2.05 bits per heavy atom.